The van der Waals surface area contributed by atoms with Crippen molar-refractivity contribution in [3.8, 4) is 0 Å². The summed E-state index contributed by atoms with van der Waals surface area (Å²) in [5, 5.41) is 3.51. The largest absolute Gasteiger partial charge is 0.382 e. The van der Waals surface area contributed by atoms with E-state index in [1.54, 1.807) is 0 Å². The summed E-state index contributed by atoms with van der Waals surface area (Å²) in [4.78, 5) is 2.79. The third-order valence-corrected chi connectivity index (χ3v) is 4.78. The first-order chi connectivity index (χ1) is 9.42. The van der Waals surface area contributed by atoms with Gasteiger partial charge in [0.1, 0.15) is 0 Å². The summed E-state index contributed by atoms with van der Waals surface area (Å²) in [7, 11) is 0. The number of nitrogens with one attached hydrogen (secondary N) is 1. The van der Waals surface area contributed by atoms with Crippen molar-refractivity contribution in [3.63, 3.8) is 0 Å². The van der Waals surface area contributed by atoms with Crippen molar-refractivity contribution in [3.05, 3.63) is 0 Å². The van der Waals surface area contributed by atoms with Crippen LogP contribution in [0.15, 0.2) is 0 Å². The maximum Gasteiger partial charge on any atom is 0.0478 e. The molecule has 0 bridgehead atoms. The van der Waals surface area contributed by atoms with E-state index in [0.717, 1.165) is 25.2 Å². The number of nitrogens with zero attached hydrogens (tertiary/aromatic N) is 1. The first kappa shape index (κ1) is 15.3. The quantitative estimate of drug-likeness (QED) is 0.750. The fraction of sp³-hybridized carbons (Fsp3) is 1.00. The van der Waals surface area contributed by atoms with Crippen molar-refractivity contribution >= 4 is 0 Å². The zero-order chi connectivity index (χ0) is 13.3. The average molecular weight is 268 g/mol. The molecule has 2 aliphatic heterocycles. The molecule has 0 saturated carbocycles. The lowest BCUT2D eigenvalue weighted by Crippen LogP contribution is -2.44. The highest BCUT2D eigenvalue weighted by atomic mass is 16.5. The van der Waals surface area contributed by atoms with Gasteiger partial charge < -0.3 is 15.0 Å². The van der Waals surface area contributed by atoms with Crippen LogP contribution in [0.25, 0.3) is 0 Å². The smallest absolute Gasteiger partial charge is 0.0478 e. The van der Waals surface area contributed by atoms with Crippen molar-refractivity contribution in [2.75, 3.05) is 39.4 Å². The Labute approximate surface area is 119 Å². The second-order valence-electron chi connectivity index (χ2n) is 6.09. The summed E-state index contributed by atoms with van der Waals surface area (Å²) < 4.78 is 5.50. The van der Waals surface area contributed by atoms with Gasteiger partial charge in [0.05, 0.1) is 0 Å². The standard InChI is InChI=1S/C16H32N2O/c1-2-19-14-6-13-18-12-5-3-4-7-16(18)15-8-10-17-11-9-15/h15-17H,2-14H2,1H3. The number of ether oxygens (including phenoxy) is 1. The van der Waals surface area contributed by atoms with Gasteiger partial charge in [-0.2, -0.15) is 0 Å². The van der Waals surface area contributed by atoms with Gasteiger partial charge >= 0.3 is 0 Å². The molecule has 3 heteroatoms. The molecule has 2 rings (SSSR count). The van der Waals surface area contributed by atoms with Gasteiger partial charge in [-0.15, -0.1) is 0 Å². The molecule has 2 aliphatic rings. The van der Waals surface area contributed by atoms with E-state index >= 15 is 0 Å². The topological polar surface area (TPSA) is 24.5 Å². The van der Waals surface area contributed by atoms with Crippen molar-refractivity contribution < 1.29 is 4.74 Å². The van der Waals surface area contributed by atoms with Gasteiger partial charge in [-0.1, -0.05) is 12.8 Å². The van der Waals surface area contributed by atoms with Crippen LogP contribution in [0.4, 0.5) is 0 Å². The third kappa shape index (κ3) is 5.05. The summed E-state index contributed by atoms with van der Waals surface area (Å²) in [6, 6.07) is 0.853. The molecule has 1 atom stereocenters. The van der Waals surface area contributed by atoms with Crippen molar-refractivity contribution in [1.82, 2.24) is 10.2 Å². The van der Waals surface area contributed by atoms with E-state index in [-0.39, 0.29) is 0 Å². The van der Waals surface area contributed by atoms with Gasteiger partial charge in [0.2, 0.25) is 0 Å². The van der Waals surface area contributed by atoms with Crippen molar-refractivity contribution in [2.45, 2.75) is 57.9 Å². The number of piperidine rings is 1. The Morgan fingerprint density at radius 3 is 2.74 bits per heavy atom. The molecule has 2 heterocycles. The summed E-state index contributed by atoms with van der Waals surface area (Å²) in [6.07, 6.45) is 9.67. The van der Waals surface area contributed by atoms with Crippen LogP contribution in [0.1, 0.15) is 51.9 Å². The van der Waals surface area contributed by atoms with Crippen LogP contribution in [0.3, 0.4) is 0 Å². The molecule has 112 valence electrons. The minimum absolute atomic E-state index is 0.853. The van der Waals surface area contributed by atoms with Crippen molar-refractivity contribution in [1.29, 1.82) is 0 Å². The summed E-state index contributed by atoms with van der Waals surface area (Å²) in [5.74, 6) is 0.937. The SMILES string of the molecule is CCOCCCN1CCCCCC1C1CCNCC1. The second-order valence-corrected chi connectivity index (χ2v) is 6.09. The van der Waals surface area contributed by atoms with E-state index in [4.69, 9.17) is 4.74 Å². The molecule has 0 spiro atoms. The van der Waals surface area contributed by atoms with Gasteiger partial charge in [-0.05, 0) is 64.6 Å². The number of rotatable bonds is 6. The summed E-state index contributed by atoms with van der Waals surface area (Å²) >= 11 is 0. The molecule has 19 heavy (non-hydrogen) atoms. The van der Waals surface area contributed by atoms with Crippen LogP contribution < -0.4 is 5.32 Å². The molecule has 1 N–H and O–H groups in total. The van der Waals surface area contributed by atoms with E-state index in [1.807, 2.05) is 0 Å². The Morgan fingerprint density at radius 2 is 1.95 bits per heavy atom. The van der Waals surface area contributed by atoms with Gasteiger partial charge in [0.25, 0.3) is 0 Å². The van der Waals surface area contributed by atoms with Crippen LogP contribution in [-0.4, -0.2) is 50.3 Å². The minimum Gasteiger partial charge on any atom is -0.382 e. The molecular weight excluding hydrogens is 236 g/mol. The zero-order valence-electron chi connectivity index (χ0n) is 12.7. The molecule has 2 saturated heterocycles. The van der Waals surface area contributed by atoms with Crippen LogP contribution >= 0.6 is 0 Å². The number of hydrogen-bond donors (Lipinski definition) is 1. The van der Waals surface area contributed by atoms with Gasteiger partial charge in [-0.25, -0.2) is 0 Å². The summed E-state index contributed by atoms with van der Waals surface area (Å²) in [5.41, 5.74) is 0. The van der Waals surface area contributed by atoms with E-state index in [1.165, 1.54) is 71.1 Å². The van der Waals surface area contributed by atoms with E-state index in [9.17, 15) is 0 Å². The monoisotopic (exact) mass is 268 g/mol. The second kappa shape index (κ2) is 8.93. The van der Waals surface area contributed by atoms with Crippen LogP contribution in [-0.2, 0) is 4.74 Å². The molecule has 0 aromatic rings. The molecular formula is C16H32N2O. The lowest BCUT2D eigenvalue weighted by atomic mass is 9.87. The normalized spacial score (nSPS) is 27.3. The highest BCUT2D eigenvalue weighted by molar-refractivity contribution is 4.84. The maximum atomic E-state index is 5.50. The molecule has 0 radical (unpaired) electrons. The third-order valence-electron chi connectivity index (χ3n) is 4.78. The van der Waals surface area contributed by atoms with Gasteiger partial charge in [-0.3, -0.25) is 0 Å². The predicted molar refractivity (Wildman–Crippen MR) is 80.5 cm³/mol. The number of likely N-dealkylation sites (tertiary alicyclic amines) is 1. The molecule has 0 aromatic heterocycles. The molecule has 1 unspecified atom stereocenters. The Balaban J connectivity index is 1.83. The van der Waals surface area contributed by atoms with E-state index in [0.29, 0.717) is 0 Å². The lowest BCUT2D eigenvalue weighted by molar-refractivity contribution is 0.0947. The zero-order valence-corrected chi connectivity index (χ0v) is 12.7. The summed E-state index contributed by atoms with van der Waals surface area (Å²) in [6.45, 7) is 8.91. The van der Waals surface area contributed by atoms with Crippen LogP contribution in [0, 0.1) is 5.92 Å². The minimum atomic E-state index is 0.853. The van der Waals surface area contributed by atoms with Crippen LogP contribution in [0.2, 0.25) is 0 Å². The van der Waals surface area contributed by atoms with Gasteiger partial charge in [0, 0.05) is 25.8 Å². The fourth-order valence-electron chi connectivity index (χ4n) is 3.75. The Morgan fingerprint density at radius 1 is 1.11 bits per heavy atom. The van der Waals surface area contributed by atoms with E-state index < -0.39 is 0 Å². The molecule has 0 aromatic carbocycles. The highest BCUT2D eigenvalue weighted by Gasteiger charge is 2.29. The van der Waals surface area contributed by atoms with Crippen molar-refractivity contribution in [2.24, 2.45) is 5.92 Å². The maximum absolute atomic E-state index is 5.50. The van der Waals surface area contributed by atoms with E-state index in [2.05, 4.69) is 17.1 Å². The Hall–Kier alpha value is -0.120. The molecule has 3 nitrogen and oxygen atoms in total. The Bertz CT molecular complexity index is 229. The molecule has 0 amide bonds. The van der Waals surface area contributed by atoms with Gasteiger partial charge in [0.15, 0.2) is 0 Å². The molecule has 2 fully saturated rings. The predicted octanol–water partition coefficient (Wildman–Crippen LogP) is 2.66. The van der Waals surface area contributed by atoms with Crippen LogP contribution in [0.5, 0.6) is 0 Å². The first-order valence-electron chi connectivity index (χ1n) is 8.44. The Kier molecular flexibility index (Phi) is 7.18. The average Bonchev–Trinajstić information content (AvgIpc) is 2.70. The first-order valence-corrected chi connectivity index (χ1v) is 8.44. The molecule has 0 aliphatic carbocycles. The lowest BCUT2D eigenvalue weighted by Gasteiger charge is -2.38. The fourth-order valence-corrected chi connectivity index (χ4v) is 3.75. The highest BCUT2D eigenvalue weighted by Crippen LogP contribution is 2.28. The number of hydrogen-bond acceptors (Lipinski definition) is 3.